The van der Waals surface area contributed by atoms with E-state index in [-0.39, 0.29) is 17.3 Å². The van der Waals surface area contributed by atoms with Crippen molar-refractivity contribution in [2.75, 3.05) is 0 Å². The van der Waals surface area contributed by atoms with E-state index in [1.165, 1.54) is 11.6 Å². The minimum Gasteiger partial charge on any atom is -0.324 e. The summed E-state index contributed by atoms with van der Waals surface area (Å²) in [6.45, 7) is 6.55. The van der Waals surface area contributed by atoms with E-state index in [1.807, 2.05) is 18.2 Å². The zero-order valence-electron chi connectivity index (χ0n) is 12.4. The first kappa shape index (κ1) is 14.7. The molecule has 20 heavy (non-hydrogen) atoms. The summed E-state index contributed by atoms with van der Waals surface area (Å²) in [7, 11) is 0. The molecule has 2 heteroatoms. The maximum absolute atomic E-state index is 13.6. The van der Waals surface area contributed by atoms with E-state index in [9.17, 15) is 4.39 Å². The Balaban J connectivity index is 2.14. The first-order chi connectivity index (χ1) is 9.38. The summed E-state index contributed by atoms with van der Waals surface area (Å²) in [5, 5.41) is 0. The molecule has 2 aromatic carbocycles. The SMILES string of the molecule is CC(C)(C)c1ccc(C(N)Cc2ccccc2F)cc1. The van der Waals surface area contributed by atoms with Gasteiger partial charge < -0.3 is 5.73 Å². The maximum atomic E-state index is 13.6. The van der Waals surface area contributed by atoms with Crippen LogP contribution in [0.4, 0.5) is 4.39 Å². The Morgan fingerprint density at radius 3 is 2.15 bits per heavy atom. The quantitative estimate of drug-likeness (QED) is 0.881. The van der Waals surface area contributed by atoms with Crippen LogP contribution in [0.2, 0.25) is 0 Å². The van der Waals surface area contributed by atoms with E-state index in [1.54, 1.807) is 12.1 Å². The van der Waals surface area contributed by atoms with Gasteiger partial charge in [-0.05, 0) is 34.6 Å². The van der Waals surface area contributed by atoms with Crippen molar-refractivity contribution >= 4 is 0 Å². The molecule has 1 unspecified atom stereocenters. The molecule has 0 fully saturated rings. The number of nitrogens with two attached hydrogens (primary N) is 1. The molecule has 0 bridgehead atoms. The molecular formula is C18H22FN. The van der Waals surface area contributed by atoms with Crippen LogP contribution in [0.1, 0.15) is 43.5 Å². The zero-order valence-corrected chi connectivity index (χ0v) is 12.4. The molecule has 0 spiro atoms. The van der Waals surface area contributed by atoms with Crippen molar-refractivity contribution in [3.63, 3.8) is 0 Å². The molecule has 1 atom stereocenters. The van der Waals surface area contributed by atoms with Gasteiger partial charge in [0.25, 0.3) is 0 Å². The fourth-order valence-electron chi connectivity index (χ4n) is 2.25. The second-order valence-electron chi connectivity index (χ2n) is 6.27. The molecule has 0 radical (unpaired) electrons. The van der Waals surface area contributed by atoms with Crippen LogP contribution in [0.5, 0.6) is 0 Å². The second kappa shape index (κ2) is 5.76. The molecule has 0 aliphatic heterocycles. The number of hydrogen-bond donors (Lipinski definition) is 1. The Morgan fingerprint density at radius 1 is 1.00 bits per heavy atom. The Kier molecular flexibility index (Phi) is 4.24. The lowest BCUT2D eigenvalue weighted by molar-refractivity contribution is 0.586. The van der Waals surface area contributed by atoms with Crippen molar-refractivity contribution in [2.24, 2.45) is 5.73 Å². The monoisotopic (exact) mass is 271 g/mol. The zero-order chi connectivity index (χ0) is 14.8. The molecule has 106 valence electrons. The predicted molar refractivity (Wildman–Crippen MR) is 82.2 cm³/mol. The van der Waals surface area contributed by atoms with Crippen LogP contribution < -0.4 is 5.73 Å². The van der Waals surface area contributed by atoms with Gasteiger partial charge in [-0.3, -0.25) is 0 Å². The summed E-state index contributed by atoms with van der Waals surface area (Å²) < 4.78 is 13.6. The normalized spacial score (nSPS) is 13.2. The lowest BCUT2D eigenvalue weighted by Crippen LogP contribution is -2.15. The van der Waals surface area contributed by atoms with Gasteiger partial charge in [-0.15, -0.1) is 0 Å². The molecule has 0 aliphatic rings. The van der Waals surface area contributed by atoms with Gasteiger partial charge in [0.2, 0.25) is 0 Å². The fourth-order valence-corrected chi connectivity index (χ4v) is 2.25. The van der Waals surface area contributed by atoms with Crippen molar-refractivity contribution in [2.45, 2.75) is 38.6 Å². The van der Waals surface area contributed by atoms with Crippen molar-refractivity contribution in [1.29, 1.82) is 0 Å². The van der Waals surface area contributed by atoms with E-state index >= 15 is 0 Å². The van der Waals surface area contributed by atoms with Crippen molar-refractivity contribution in [3.05, 3.63) is 71.0 Å². The molecule has 0 saturated carbocycles. The minimum absolute atomic E-state index is 0.133. The van der Waals surface area contributed by atoms with Crippen LogP contribution in [0.3, 0.4) is 0 Å². The molecule has 0 saturated heterocycles. The average molecular weight is 271 g/mol. The van der Waals surface area contributed by atoms with E-state index in [2.05, 4.69) is 32.9 Å². The van der Waals surface area contributed by atoms with Gasteiger partial charge in [-0.1, -0.05) is 63.2 Å². The van der Waals surface area contributed by atoms with Crippen LogP contribution in [-0.2, 0) is 11.8 Å². The van der Waals surface area contributed by atoms with Gasteiger partial charge in [-0.2, -0.15) is 0 Å². The second-order valence-corrected chi connectivity index (χ2v) is 6.27. The van der Waals surface area contributed by atoms with Gasteiger partial charge in [0.15, 0.2) is 0 Å². The Bertz CT molecular complexity index is 567. The van der Waals surface area contributed by atoms with Crippen LogP contribution in [0.15, 0.2) is 48.5 Å². The fraction of sp³-hybridized carbons (Fsp3) is 0.333. The molecule has 2 aromatic rings. The summed E-state index contributed by atoms with van der Waals surface area (Å²) >= 11 is 0. The summed E-state index contributed by atoms with van der Waals surface area (Å²) in [5.41, 5.74) is 9.31. The van der Waals surface area contributed by atoms with E-state index < -0.39 is 0 Å². The highest BCUT2D eigenvalue weighted by Crippen LogP contribution is 2.24. The maximum Gasteiger partial charge on any atom is 0.126 e. The third kappa shape index (κ3) is 3.45. The topological polar surface area (TPSA) is 26.0 Å². The predicted octanol–water partition coefficient (Wildman–Crippen LogP) is 4.37. The van der Waals surface area contributed by atoms with Gasteiger partial charge >= 0.3 is 0 Å². The van der Waals surface area contributed by atoms with E-state index in [0.29, 0.717) is 12.0 Å². The van der Waals surface area contributed by atoms with Crippen molar-refractivity contribution < 1.29 is 4.39 Å². The summed E-state index contributed by atoms with van der Waals surface area (Å²) in [5.74, 6) is -0.186. The lowest BCUT2D eigenvalue weighted by atomic mass is 9.86. The standard InChI is InChI=1S/C18H22FN/c1-18(2,3)15-10-8-13(9-11-15)17(20)12-14-6-4-5-7-16(14)19/h4-11,17H,12,20H2,1-3H3. The average Bonchev–Trinajstić information content (AvgIpc) is 2.40. The summed E-state index contributed by atoms with van der Waals surface area (Å²) in [4.78, 5) is 0. The highest BCUT2D eigenvalue weighted by atomic mass is 19.1. The van der Waals surface area contributed by atoms with Crippen LogP contribution >= 0.6 is 0 Å². The van der Waals surface area contributed by atoms with Gasteiger partial charge in [-0.25, -0.2) is 4.39 Å². The Morgan fingerprint density at radius 2 is 1.60 bits per heavy atom. The number of benzene rings is 2. The summed E-state index contributed by atoms with van der Waals surface area (Å²) in [6.07, 6.45) is 0.515. The molecule has 2 rings (SSSR count). The highest BCUT2D eigenvalue weighted by molar-refractivity contribution is 5.30. The Labute approximate surface area is 120 Å². The molecule has 2 N–H and O–H groups in total. The third-order valence-corrected chi connectivity index (χ3v) is 3.60. The van der Waals surface area contributed by atoms with Gasteiger partial charge in [0.05, 0.1) is 0 Å². The molecule has 1 nitrogen and oxygen atoms in total. The molecular weight excluding hydrogens is 249 g/mol. The number of halogens is 1. The van der Waals surface area contributed by atoms with Crippen molar-refractivity contribution in [1.82, 2.24) is 0 Å². The number of hydrogen-bond acceptors (Lipinski definition) is 1. The summed E-state index contributed by atoms with van der Waals surface area (Å²) in [6, 6.07) is 14.9. The first-order valence-electron chi connectivity index (χ1n) is 6.97. The molecule has 0 heterocycles. The lowest BCUT2D eigenvalue weighted by Gasteiger charge is -2.20. The van der Waals surface area contributed by atoms with E-state index in [0.717, 1.165) is 5.56 Å². The van der Waals surface area contributed by atoms with Crippen LogP contribution in [0, 0.1) is 5.82 Å². The van der Waals surface area contributed by atoms with Crippen LogP contribution in [0.25, 0.3) is 0 Å². The Hall–Kier alpha value is -1.67. The smallest absolute Gasteiger partial charge is 0.126 e. The van der Waals surface area contributed by atoms with Crippen LogP contribution in [-0.4, -0.2) is 0 Å². The van der Waals surface area contributed by atoms with E-state index in [4.69, 9.17) is 5.73 Å². The highest BCUT2D eigenvalue weighted by Gasteiger charge is 2.15. The molecule has 0 aromatic heterocycles. The van der Waals surface area contributed by atoms with Gasteiger partial charge in [0, 0.05) is 6.04 Å². The first-order valence-corrected chi connectivity index (χ1v) is 6.97. The largest absolute Gasteiger partial charge is 0.324 e. The molecule has 0 amide bonds. The van der Waals surface area contributed by atoms with Gasteiger partial charge in [0.1, 0.15) is 5.82 Å². The molecule has 0 aliphatic carbocycles. The number of rotatable bonds is 3. The minimum atomic E-state index is -0.186. The third-order valence-electron chi connectivity index (χ3n) is 3.60. The van der Waals surface area contributed by atoms with Crippen molar-refractivity contribution in [3.8, 4) is 0 Å².